The minimum atomic E-state index is -0.275. The summed E-state index contributed by atoms with van der Waals surface area (Å²) in [6.07, 6.45) is 0.429. The first-order valence-electron chi connectivity index (χ1n) is 5.61. The number of benzene rings is 1. The normalized spacial score (nSPS) is 10.8. The first kappa shape index (κ1) is 12.7. The number of nitrogens with zero attached hydrogens (tertiary/aromatic N) is 2. The zero-order valence-electron chi connectivity index (χ0n) is 9.80. The molecule has 2 aromatic rings. The van der Waals surface area contributed by atoms with E-state index in [0.29, 0.717) is 31.3 Å². The minimum absolute atomic E-state index is 0.243. The Morgan fingerprint density at radius 2 is 2.28 bits per heavy atom. The summed E-state index contributed by atoms with van der Waals surface area (Å²) < 4.78 is 23.1. The van der Waals surface area contributed by atoms with E-state index in [-0.39, 0.29) is 12.4 Å². The molecule has 1 heterocycles. The van der Waals surface area contributed by atoms with Crippen molar-refractivity contribution in [2.24, 2.45) is 5.73 Å². The van der Waals surface area contributed by atoms with Gasteiger partial charge in [-0.15, -0.1) is 0 Å². The number of halogens is 1. The van der Waals surface area contributed by atoms with Crippen LogP contribution in [0.3, 0.4) is 0 Å². The van der Waals surface area contributed by atoms with Crippen molar-refractivity contribution in [2.75, 3.05) is 13.2 Å². The lowest BCUT2D eigenvalue weighted by molar-refractivity contribution is 0.104. The zero-order valence-corrected chi connectivity index (χ0v) is 9.80. The summed E-state index contributed by atoms with van der Waals surface area (Å²) in [6.45, 7) is 1.14. The second-order valence-corrected chi connectivity index (χ2v) is 3.75. The molecule has 0 spiro atoms. The molecule has 0 saturated carbocycles. The molecule has 0 aliphatic heterocycles. The van der Waals surface area contributed by atoms with Gasteiger partial charge in [-0.25, -0.2) is 4.39 Å². The van der Waals surface area contributed by atoms with Gasteiger partial charge in [-0.3, -0.25) is 0 Å². The van der Waals surface area contributed by atoms with E-state index in [2.05, 4.69) is 10.1 Å². The Morgan fingerprint density at radius 3 is 3.06 bits per heavy atom. The monoisotopic (exact) mass is 251 g/mol. The van der Waals surface area contributed by atoms with Crippen molar-refractivity contribution < 1.29 is 13.7 Å². The summed E-state index contributed by atoms with van der Waals surface area (Å²) in [5, 5.41) is 3.80. The van der Waals surface area contributed by atoms with Crippen molar-refractivity contribution >= 4 is 0 Å². The van der Waals surface area contributed by atoms with E-state index in [1.165, 1.54) is 12.1 Å². The van der Waals surface area contributed by atoms with Crippen LogP contribution in [0.4, 0.5) is 4.39 Å². The van der Waals surface area contributed by atoms with E-state index in [9.17, 15) is 4.39 Å². The van der Waals surface area contributed by atoms with Gasteiger partial charge in [0.1, 0.15) is 12.4 Å². The predicted octanol–water partition coefficient (Wildman–Crippen LogP) is 1.27. The van der Waals surface area contributed by atoms with Gasteiger partial charge in [-0.2, -0.15) is 4.98 Å². The largest absolute Gasteiger partial charge is 0.370 e. The van der Waals surface area contributed by atoms with Crippen molar-refractivity contribution in [2.45, 2.75) is 13.0 Å². The van der Waals surface area contributed by atoms with Crippen LogP contribution < -0.4 is 5.73 Å². The van der Waals surface area contributed by atoms with Crippen LogP contribution in [0.15, 0.2) is 28.8 Å². The molecular formula is C12H14FN3O2. The van der Waals surface area contributed by atoms with Crippen LogP contribution in [-0.4, -0.2) is 23.3 Å². The molecule has 1 aromatic carbocycles. The summed E-state index contributed by atoms with van der Waals surface area (Å²) in [7, 11) is 0. The van der Waals surface area contributed by atoms with Crippen LogP contribution in [-0.2, 0) is 17.8 Å². The molecule has 0 fully saturated rings. The molecule has 0 atom stereocenters. The average Bonchev–Trinajstić information content (AvgIpc) is 2.77. The Labute approximate surface area is 104 Å². The summed E-state index contributed by atoms with van der Waals surface area (Å²) >= 11 is 0. The highest BCUT2D eigenvalue weighted by Crippen LogP contribution is 2.09. The third-order valence-corrected chi connectivity index (χ3v) is 2.25. The Morgan fingerprint density at radius 1 is 1.39 bits per heavy atom. The van der Waals surface area contributed by atoms with Crippen molar-refractivity contribution in [3.8, 4) is 0 Å². The smallest absolute Gasteiger partial charge is 0.252 e. The van der Waals surface area contributed by atoms with Gasteiger partial charge >= 0.3 is 0 Å². The fraction of sp³-hybridized carbons (Fsp3) is 0.333. The number of rotatable bonds is 6. The molecule has 0 aliphatic carbocycles. The molecule has 0 bridgehead atoms. The van der Waals surface area contributed by atoms with Crippen molar-refractivity contribution in [1.29, 1.82) is 0 Å². The lowest BCUT2D eigenvalue weighted by Gasteiger charge is -1.96. The second kappa shape index (κ2) is 6.23. The molecule has 2 rings (SSSR count). The molecule has 0 aliphatic rings. The SMILES string of the molecule is NCCOCc1nc(Cc2cccc(F)c2)no1. The Balaban J connectivity index is 1.94. The fourth-order valence-electron chi connectivity index (χ4n) is 1.49. The Hall–Kier alpha value is -1.79. The summed E-state index contributed by atoms with van der Waals surface area (Å²) in [6, 6.07) is 6.30. The number of aromatic nitrogens is 2. The van der Waals surface area contributed by atoms with E-state index >= 15 is 0 Å². The molecule has 0 unspecified atom stereocenters. The highest BCUT2D eigenvalue weighted by molar-refractivity contribution is 5.19. The quantitative estimate of drug-likeness (QED) is 0.783. The van der Waals surface area contributed by atoms with E-state index in [0.717, 1.165) is 5.56 Å². The van der Waals surface area contributed by atoms with Gasteiger partial charge in [0.05, 0.1) is 6.61 Å². The maximum absolute atomic E-state index is 13.0. The molecule has 5 nitrogen and oxygen atoms in total. The highest BCUT2D eigenvalue weighted by atomic mass is 19.1. The van der Waals surface area contributed by atoms with Crippen LogP contribution >= 0.6 is 0 Å². The fourth-order valence-corrected chi connectivity index (χ4v) is 1.49. The third kappa shape index (κ3) is 3.61. The number of hydrogen-bond acceptors (Lipinski definition) is 5. The van der Waals surface area contributed by atoms with E-state index < -0.39 is 0 Å². The molecule has 1 aromatic heterocycles. The summed E-state index contributed by atoms with van der Waals surface area (Å²) in [4.78, 5) is 4.14. The minimum Gasteiger partial charge on any atom is -0.370 e. The first-order valence-corrected chi connectivity index (χ1v) is 5.61. The van der Waals surface area contributed by atoms with Gasteiger partial charge in [0.15, 0.2) is 5.82 Å². The van der Waals surface area contributed by atoms with Gasteiger partial charge < -0.3 is 15.0 Å². The number of nitrogens with two attached hydrogens (primary N) is 1. The van der Waals surface area contributed by atoms with Gasteiger partial charge in [0.2, 0.25) is 0 Å². The average molecular weight is 251 g/mol. The third-order valence-electron chi connectivity index (χ3n) is 2.25. The van der Waals surface area contributed by atoms with Gasteiger partial charge in [0.25, 0.3) is 5.89 Å². The van der Waals surface area contributed by atoms with Crippen LogP contribution in [0.1, 0.15) is 17.3 Å². The standard InChI is InChI=1S/C12H14FN3O2/c13-10-3-1-2-9(6-10)7-11-15-12(18-16-11)8-17-5-4-14/h1-3,6H,4-5,7-8,14H2. The lowest BCUT2D eigenvalue weighted by atomic mass is 10.1. The summed E-state index contributed by atoms with van der Waals surface area (Å²) in [5.41, 5.74) is 6.08. The first-order chi connectivity index (χ1) is 8.78. The van der Waals surface area contributed by atoms with E-state index in [1.54, 1.807) is 6.07 Å². The van der Waals surface area contributed by atoms with Gasteiger partial charge in [-0.1, -0.05) is 17.3 Å². The van der Waals surface area contributed by atoms with E-state index in [4.69, 9.17) is 15.0 Å². The topological polar surface area (TPSA) is 74.2 Å². The van der Waals surface area contributed by atoms with Crippen LogP contribution in [0.5, 0.6) is 0 Å². The molecule has 0 radical (unpaired) electrons. The van der Waals surface area contributed by atoms with Crippen LogP contribution in [0.25, 0.3) is 0 Å². The molecular weight excluding hydrogens is 237 g/mol. The molecule has 0 saturated heterocycles. The molecule has 96 valence electrons. The highest BCUT2D eigenvalue weighted by Gasteiger charge is 2.07. The summed E-state index contributed by atoms with van der Waals surface area (Å²) in [5.74, 6) is 0.629. The van der Waals surface area contributed by atoms with Crippen molar-refractivity contribution in [3.05, 3.63) is 47.4 Å². The number of ether oxygens (including phenoxy) is 1. The Kier molecular flexibility index (Phi) is 4.38. The van der Waals surface area contributed by atoms with Gasteiger partial charge in [0, 0.05) is 13.0 Å². The van der Waals surface area contributed by atoms with Crippen molar-refractivity contribution in [1.82, 2.24) is 10.1 Å². The van der Waals surface area contributed by atoms with Crippen molar-refractivity contribution in [3.63, 3.8) is 0 Å². The lowest BCUT2D eigenvalue weighted by Crippen LogP contribution is -2.08. The van der Waals surface area contributed by atoms with Gasteiger partial charge in [-0.05, 0) is 17.7 Å². The van der Waals surface area contributed by atoms with Crippen LogP contribution in [0.2, 0.25) is 0 Å². The maximum atomic E-state index is 13.0. The Bertz CT molecular complexity index is 502. The zero-order chi connectivity index (χ0) is 12.8. The number of hydrogen-bond donors (Lipinski definition) is 1. The predicted molar refractivity (Wildman–Crippen MR) is 62.2 cm³/mol. The van der Waals surface area contributed by atoms with E-state index in [1.807, 2.05) is 6.07 Å². The molecule has 18 heavy (non-hydrogen) atoms. The molecule has 0 amide bonds. The second-order valence-electron chi connectivity index (χ2n) is 3.75. The molecule has 6 heteroatoms. The maximum Gasteiger partial charge on any atom is 0.252 e. The van der Waals surface area contributed by atoms with Crippen LogP contribution in [0, 0.1) is 5.82 Å². The molecule has 2 N–H and O–H groups in total.